The zero-order chi connectivity index (χ0) is 23.5. The first-order valence-electron chi connectivity index (χ1n) is 11.7. The van der Waals surface area contributed by atoms with Gasteiger partial charge in [0.2, 0.25) is 5.88 Å². The molecule has 0 saturated carbocycles. The molecule has 0 spiro atoms. The van der Waals surface area contributed by atoms with E-state index in [1.54, 1.807) is 13.4 Å². The van der Waals surface area contributed by atoms with Gasteiger partial charge < -0.3 is 14.5 Å². The van der Waals surface area contributed by atoms with Gasteiger partial charge >= 0.3 is 0 Å². The summed E-state index contributed by atoms with van der Waals surface area (Å²) in [6, 6.07) is 18.6. The number of hydrogen-bond acceptors (Lipinski definition) is 6. The highest BCUT2D eigenvalue weighted by molar-refractivity contribution is 5.95. The lowest BCUT2D eigenvalue weighted by atomic mass is 9.99. The lowest BCUT2D eigenvalue weighted by Gasteiger charge is -2.36. The summed E-state index contributed by atoms with van der Waals surface area (Å²) >= 11 is 0. The minimum atomic E-state index is 0.599. The van der Waals surface area contributed by atoms with E-state index in [2.05, 4.69) is 74.7 Å². The van der Waals surface area contributed by atoms with Crippen LogP contribution in [-0.2, 0) is 0 Å². The van der Waals surface area contributed by atoms with E-state index in [9.17, 15) is 0 Å². The van der Waals surface area contributed by atoms with Crippen molar-refractivity contribution in [1.29, 1.82) is 0 Å². The van der Waals surface area contributed by atoms with Crippen LogP contribution in [0.25, 0.3) is 39.0 Å². The molecule has 2 aromatic heterocycles. The molecule has 0 unspecified atom stereocenters. The van der Waals surface area contributed by atoms with Crippen LogP contribution < -0.4 is 4.74 Å². The molecule has 4 aromatic rings. The third-order valence-electron chi connectivity index (χ3n) is 6.58. The second kappa shape index (κ2) is 9.61. The quantitative estimate of drug-likeness (QED) is 0.412. The number of fused-ring (bicyclic) bond motifs is 1. The molecule has 0 amide bonds. The minimum Gasteiger partial charge on any atom is -0.481 e. The molecule has 0 radical (unpaired) electrons. The third kappa shape index (κ3) is 4.37. The van der Waals surface area contributed by atoms with Gasteiger partial charge in [-0.25, -0.2) is 15.0 Å². The molecule has 0 aliphatic carbocycles. The van der Waals surface area contributed by atoms with Crippen LogP contribution >= 0.6 is 0 Å². The van der Waals surface area contributed by atoms with E-state index >= 15 is 0 Å². The number of ether oxygens (including phenoxy) is 1. The van der Waals surface area contributed by atoms with Gasteiger partial charge in [0.1, 0.15) is 6.33 Å². The van der Waals surface area contributed by atoms with Crippen LogP contribution in [0.5, 0.6) is 5.88 Å². The molecule has 0 N–H and O–H groups in total. The Morgan fingerprint density at radius 3 is 2.47 bits per heavy atom. The number of pyridine rings is 1. The molecule has 1 aliphatic heterocycles. The summed E-state index contributed by atoms with van der Waals surface area (Å²) < 4.78 is 5.19. The Kier molecular flexibility index (Phi) is 6.23. The number of nitrogens with zero attached hydrogens (tertiary/aromatic N) is 5. The van der Waals surface area contributed by atoms with E-state index < -0.39 is 0 Å². The number of aromatic nitrogens is 3. The molecule has 34 heavy (non-hydrogen) atoms. The van der Waals surface area contributed by atoms with Crippen molar-refractivity contribution in [1.82, 2.24) is 24.8 Å². The van der Waals surface area contributed by atoms with Crippen molar-refractivity contribution < 1.29 is 4.74 Å². The van der Waals surface area contributed by atoms with Crippen molar-refractivity contribution in [3.05, 3.63) is 79.3 Å². The number of benzene rings is 2. The summed E-state index contributed by atoms with van der Waals surface area (Å²) in [7, 11) is 1.62. The molecule has 0 bridgehead atoms. The first-order valence-corrected chi connectivity index (χ1v) is 11.7. The number of hydrogen-bond donors (Lipinski definition) is 0. The smallest absolute Gasteiger partial charge is 0.212 e. The van der Waals surface area contributed by atoms with Gasteiger partial charge in [-0.05, 0) is 41.9 Å². The summed E-state index contributed by atoms with van der Waals surface area (Å²) in [6.45, 7) is 11.9. The fraction of sp³-hybridized carbons (Fsp3) is 0.250. The van der Waals surface area contributed by atoms with Gasteiger partial charge in [-0.3, -0.25) is 0 Å². The molecular formula is C28H29N5O. The van der Waals surface area contributed by atoms with Crippen molar-refractivity contribution in [3.63, 3.8) is 0 Å². The molecule has 2 aromatic carbocycles. The van der Waals surface area contributed by atoms with Crippen LogP contribution in [-0.4, -0.2) is 64.6 Å². The van der Waals surface area contributed by atoms with Crippen LogP contribution in [0.3, 0.4) is 0 Å². The average molecular weight is 452 g/mol. The molecule has 0 atom stereocenters. The molecule has 6 nitrogen and oxygen atoms in total. The summed E-state index contributed by atoms with van der Waals surface area (Å²) in [6.07, 6.45) is 3.46. The topological polar surface area (TPSA) is 54.4 Å². The molecule has 172 valence electrons. The lowest BCUT2D eigenvalue weighted by Crippen LogP contribution is -2.44. The number of methoxy groups -OCH3 is 1. The summed E-state index contributed by atoms with van der Waals surface area (Å²) in [5.74, 6) is 0.599. The highest BCUT2D eigenvalue weighted by atomic mass is 16.5. The van der Waals surface area contributed by atoms with Crippen LogP contribution in [0.15, 0.2) is 73.7 Å². The Hall–Kier alpha value is -3.77. The summed E-state index contributed by atoms with van der Waals surface area (Å²) in [4.78, 5) is 18.4. The predicted molar refractivity (Wildman–Crippen MR) is 137 cm³/mol. The summed E-state index contributed by atoms with van der Waals surface area (Å²) in [5, 5.41) is 1.01. The van der Waals surface area contributed by atoms with Crippen LogP contribution in [0.2, 0.25) is 0 Å². The second-order valence-electron chi connectivity index (χ2n) is 8.49. The number of rotatable bonds is 6. The number of piperazine rings is 1. The van der Waals surface area contributed by atoms with Gasteiger partial charge in [0.25, 0.3) is 0 Å². The van der Waals surface area contributed by atoms with E-state index in [1.807, 2.05) is 24.4 Å². The highest BCUT2D eigenvalue weighted by Gasteiger charge is 2.18. The Morgan fingerprint density at radius 2 is 1.74 bits per heavy atom. The molecular weight excluding hydrogens is 422 g/mol. The molecule has 1 fully saturated rings. The maximum Gasteiger partial charge on any atom is 0.212 e. The van der Waals surface area contributed by atoms with Gasteiger partial charge in [0.05, 0.1) is 18.3 Å². The van der Waals surface area contributed by atoms with E-state index in [0.717, 1.165) is 77.3 Å². The van der Waals surface area contributed by atoms with Gasteiger partial charge in [0.15, 0.2) is 0 Å². The van der Waals surface area contributed by atoms with Crippen molar-refractivity contribution in [2.45, 2.75) is 6.92 Å². The first kappa shape index (κ1) is 22.0. The Labute approximate surface area is 200 Å². The van der Waals surface area contributed by atoms with Crippen molar-refractivity contribution in [2.75, 3.05) is 39.8 Å². The standard InChI is InChI=1S/C28H29N5O/c1-4-32-12-14-33(15-13-32)20(2)21-6-5-7-23(16-21)28-25-17-22(8-10-26(25)30-19-31-28)24-9-11-27(34-3)29-18-24/h5-11,16-19H,2,4,12-15H2,1,3H3. The van der Waals surface area contributed by atoms with Gasteiger partial charge in [0, 0.05) is 60.7 Å². The molecule has 1 saturated heterocycles. The average Bonchev–Trinajstić information content (AvgIpc) is 2.92. The third-order valence-corrected chi connectivity index (χ3v) is 6.58. The predicted octanol–water partition coefficient (Wildman–Crippen LogP) is 4.98. The van der Waals surface area contributed by atoms with Crippen LogP contribution in [0.1, 0.15) is 12.5 Å². The minimum absolute atomic E-state index is 0.599. The second-order valence-corrected chi connectivity index (χ2v) is 8.49. The maximum absolute atomic E-state index is 5.19. The molecule has 1 aliphatic rings. The monoisotopic (exact) mass is 451 g/mol. The lowest BCUT2D eigenvalue weighted by molar-refractivity contribution is 0.183. The van der Waals surface area contributed by atoms with Crippen LogP contribution in [0.4, 0.5) is 0 Å². The fourth-order valence-corrected chi connectivity index (χ4v) is 4.50. The first-order chi connectivity index (χ1) is 16.7. The number of likely N-dealkylation sites (N-methyl/N-ethyl adjacent to an activating group) is 1. The Morgan fingerprint density at radius 1 is 0.912 bits per heavy atom. The summed E-state index contributed by atoms with van der Waals surface area (Å²) in [5.41, 5.74) is 7.17. The fourth-order valence-electron chi connectivity index (χ4n) is 4.50. The normalized spacial score (nSPS) is 14.4. The van der Waals surface area contributed by atoms with Crippen LogP contribution in [0, 0.1) is 0 Å². The Balaban J connectivity index is 1.48. The SMILES string of the molecule is C=C(c1cccc(-c2ncnc3ccc(-c4ccc(OC)nc4)cc23)c1)N1CCN(CC)CC1. The van der Waals surface area contributed by atoms with Gasteiger partial charge in [-0.2, -0.15) is 0 Å². The Bertz CT molecular complexity index is 1310. The zero-order valence-electron chi connectivity index (χ0n) is 19.7. The maximum atomic E-state index is 5.19. The van der Waals surface area contributed by atoms with E-state index in [1.165, 1.54) is 0 Å². The van der Waals surface area contributed by atoms with Crippen molar-refractivity contribution >= 4 is 16.6 Å². The largest absolute Gasteiger partial charge is 0.481 e. The molecule has 3 heterocycles. The van der Waals surface area contributed by atoms with E-state index in [4.69, 9.17) is 4.74 Å². The van der Waals surface area contributed by atoms with E-state index in [0.29, 0.717) is 5.88 Å². The zero-order valence-corrected chi connectivity index (χ0v) is 19.7. The van der Waals surface area contributed by atoms with Gasteiger partial charge in [-0.1, -0.05) is 37.8 Å². The van der Waals surface area contributed by atoms with Crippen molar-refractivity contribution in [2.24, 2.45) is 0 Å². The van der Waals surface area contributed by atoms with Crippen molar-refractivity contribution in [3.8, 4) is 28.3 Å². The molecule has 6 heteroatoms. The van der Waals surface area contributed by atoms with E-state index in [-0.39, 0.29) is 0 Å². The highest BCUT2D eigenvalue weighted by Crippen LogP contribution is 2.31. The van der Waals surface area contributed by atoms with Gasteiger partial charge in [-0.15, -0.1) is 0 Å². The molecule has 5 rings (SSSR count).